The number of carbonyl (C=O) groups excluding carboxylic acids is 1. The van der Waals surface area contributed by atoms with Gasteiger partial charge in [-0.05, 0) is 24.5 Å². The number of ether oxygens (including phenoxy) is 1. The average molecular weight is 335 g/mol. The van der Waals surface area contributed by atoms with Crippen LogP contribution in [0.25, 0.3) is 5.82 Å². The molecule has 1 fully saturated rings. The lowest BCUT2D eigenvalue weighted by Gasteiger charge is -2.08. The van der Waals surface area contributed by atoms with Crippen molar-refractivity contribution in [3.63, 3.8) is 0 Å². The number of rotatable bonds is 6. The lowest BCUT2D eigenvalue weighted by Crippen LogP contribution is -2.13. The van der Waals surface area contributed by atoms with Gasteiger partial charge in [0.1, 0.15) is 5.15 Å². The van der Waals surface area contributed by atoms with Crippen molar-refractivity contribution in [2.75, 3.05) is 6.61 Å². The summed E-state index contributed by atoms with van der Waals surface area (Å²) in [5.74, 6) is 1.25. The highest BCUT2D eigenvalue weighted by Gasteiger charge is 2.15. The molecule has 2 aromatic rings. The molecule has 2 aromatic heterocycles. The van der Waals surface area contributed by atoms with E-state index in [1.54, 1.807) is 23.0 Å². The first kappa shape index (κ1) is 15.8. The Hall–Kier alpha value is -2.08. The van der Waals surface area contributed by atoms with Crippen LogP contribution in [0.5, 0.6) is 5.88 Å². The summed E-state index contributed by atoms with van der Waals surface area (Å²) in [6.45, 7) is 0.677. The van der Waals surface area contributed by atoms with E-state index < -0.39 is 5.91 Å². The number of nitrogens with zero attached hydrogens (tertiary/aromatic N) is 3. The third kappa shape index (κ3) is 3.82. The van der Waals surface area contributed by atoms with Gasteiger partial charge in [0.15, 0.2) is 5.82 Å². The molecule has 122 valence electrons. The molecule has 6 nitrogen and oxygen atoms in total. The largest absolute Gasteiger partial charge is 0.477 e. The molecule has 0 saturated heterocycles. The average Bonchev–Trinajstić information content (AvgIpc) is 3.18. The van der Waals surface area contributed by atoms with Crippen LogP contribution >= 0.6 is 11.6 Å². The van der Waals surface area contributed by atoms with E-state index in [4.69, 9.17) is 22.1 Å². The van der Waals surface area contributed by atoms with Gasteiger partial charge >= 0.3 is 0 Å². The minimum Gasteiger partial charge on any atom is -0.477 e. The molecule has 0 spiro atoms. The Morgan fingerprint density at radius 3 is 2.83 bits per heavy atom. The fraction of sp³-hybridized carbons (Fsp3) is 0.438. The summed E-state index contributed by atoms with van der Waals surface area (Å²) in [6, 6.07) is 4.96. The SMILES string of the molecule is NC(=O)c1ccc(-n2ccc(OCCC3CCCC3)n2)nc1Cl. The standard InChI is InChI=1S/C16H19ClN4O2/c17-15-12(16(18)22)5-6-13(19-15)21-9-7-14(20-21)23-10-8-11-3-1-2-4-11/h5-7,9,11H,1-4,8,10H2,(H2,18,22). The second kappa shape index (κ2) is 7.00. The van der Waals surface area contributed by atoms with Crippen molar-refractivity contribution in [3.05, 3.63) is 35.1 Å². The molecule has 7 heteroatoms. The molecule has 1 saturated carbocycles. The van der Waals surface area contributed by atoms with Crippen LogP contribution in [-0.4, -0.2) is 27.3 Å². The van der Waals surface area contributed by atoms with Crippen LogP contribution in [0.3, 0.4) is 0 Å². The van der Waals surface area contributed by atoms with E-state index in [0.717, 1.165) is 12.3 Å². The van der Waals surface area contributed by atoms with Crippen LogP contribution in [0.4, 0.5) is 0 Å². The molecule has 1 aliphatic carbocycles. The zero-order chi connectivity index (χ0) is 16.2. The first-order valence-corrected chi connectivity index (χ1v) is 8.16. The fourth-order valence-corrected chi connectivity index (χ4v) is 3.12. The lowest BCUT2D eigenvalue weighted by atomic mass is 10.1. The third-order valence-electron chi connectivity index (χ3n) is 4.15. The molecule has 0 aromatic carbocycles. The molecule has 0 bridgehead atoms. The quantitative estimate of drug-likeness (QED) is 0.823. The molecule has 1 amide bonds. The molecular weight excluding hydrogens is 316 g/mol. The molecular formula is C16H19ClN4O2. The van der Waals surface area contributed by atoms with Crippen molar-refractivity contribution >= 4 is 17.5 Å². The summed E-state index contributed by atoms with van der Waals surface area (Å²) >= 11 is 5.95. The van der Waals surface area contributed by atoms with Crippen molar-refractivity contribution in [2.24, 2.45) is 11.7 Å². The van der Waals surface area contributed by atoms with Crippen molar-refractivity contribution in [3.8, 4) is 11.7 Å². The summed E-state index contributed by atoms with van der Waals surface area (Å²) in [4.78, 5) is 15.3. The minimum atomic E-state index is -0.606. The molecule has 2 heterocycles. The van der Waals surface area contributed by atoms with E-state index in [2.05, 4.69) is 10.1 Å². The third-order valence-corrected chi connectivity index (χ3v) is 4.44. The maximum absolute atomic E-state index is 11.2. The van der Waals surface area contributed by atoms with Gasteiger partial charge in [-0.15, -0.1) is 5.10 Å². The summed E-state index contributed by atoms with van der Waals surface area (Å²) in [5, 5.41) is 4.38. The zero-order valence-electron chi connectivity index (χ0n) is 12.7. The number of nitrogens with two attached hydrogens (primary N) is 1. The zero-order valence-corrected chi connectivity index (χ0v) is 13.5. The molecule has 23 heavy (non-hydrogen) atoms. The number of hydrogen-bond acceptors (Lipinski definition) is 4. The Balaban J connectivity index is 1.62. The summed E-state index contributed by atoms with van der Waals surface area (Å²) in [6.07, 6.45) is 8.12. The van der Waals surface area contributed by atoms with Crippen LogP contribution < -0.4 is 10.5 Å². The monoisotopic (exact) mass is 334 g/mol. The Labute approximate surface area is 139 Å². The number of aromatic nitrogens is 3. The van der Waals surface area contributed by atoms with Crippen LogP contribution in [0, 0.1) is 5.92 Å². The highest BCUT2D eigenvalue weighted by atomic mass is 35.5. The van der Waals surface area contributed by atoms with Gasteiger partial charge in [-0.2, -0.15) is 0 Å². The summed E-state index contributed by atoms with van der Waals surface area (Å²) in [5.41, 5.74) is 5.40. The van der Waals surface area contributed by atoms with Gasteiger partial charge in [0.2, 0.25) is 5.88 Å². The van der Waals surface area contributed by atoms with Gasteiger partial charge in [0.05, 0.1) is 12.2 Å². The van der Waals surface area contributed by atoms with Crippen molar-refractivity contribution in [1.29, 1.82) is 0 Å². The minimum absolute atomic E-state index is 0.0641. The van der Waals surface area contributed by atoms with Crippen LogP contribution in [0.15, 0.2) is 24.4 Å². The molecule has 0 atom stereocenters. The van der Waals surface area contributed by atoms with E-state index in [1.165, 1.54) is 31.7 Å². The van der Waals surface area contributed by atoms with E-state index in [-0.39, 0.29) is 10.7 Å². The van der Waals surface area contributed by atoms with Gasteiger partial charge in [-0.3, -0.25) is 4.79 Å². The molecule has 2 N–H and O–H groups in total. The predicted octanol–water partition coefficient (Wildman–Crippen LogP) is 2.98. The van der Waals surface area contributed by atoms with Crippen molar-refractivity contribution in [2.45, 2.75) is 32.1 Å². The lowest BCUT2D eigenvalue weighted by molar-refractivity contribution is 0.1000. The molecule has 0 radical (unpaired) electrons. The fourth-order valence-electron chi connectivity index (χ4n) is 2.88. The smallest absolute Gasteiger partial charge is 0.251 e. The number of halogens is 1. The van der Waals surface area contributed by atoms with Crippen LogP contribution in [0.1, 0.15) is 42.5 Å². The number of amides is 1. The Kier molecular flexibility index (Phi) is 4.81. The van der Waals surface area contributed by atoms with Crippen LogP contribution in [0.2, 0.25) is 5.15 Å². The first-order chi connectivity index (χ1) is 11.1. The van der Waals surface area contributed by atoms with Gasteiger partial charge < -0.3 is 10.5 Å². The number of primary amides is 1. The number of carbonyl (C=O) groups is 1. The van der Waals surface area contributed by atoms with Crippen molar-refractivity contribution < 1.29 is 9.53 Å². The first-order valence-electron chi connectivity index (χ1n) is 7.78. The van der Waals surface area contributed by atoms with E-state index in [1.807, 2.05) is 0 Å². The molecule has 1 aliphatic rings. The van der Waals surface area contributed by atoms with Gasteiger partial charge in [0, 0.05) is 12.3 Å². The highest BCUT2D eigenvalue weighted by Crippen LogP contribution is 2.27. The molecule has 3 rings (SSSR count). The number of pyridine rings is 1. The summed E-state index contributed by atoms with van der Waals surface area (Å²) in [7, 11) is 0. The molecule has 0 unspecified atom stereocenters. The van der Waals surface area contributed by atoms with Crippen LogP contribution in [-0.2, 0) is 0 Å². The van der Waals surface area contributed by atoms with E-state index in [9.17, 15) is 4.79 Å². The van der Waals surface area contributed by atoms with Gasteiger partial charge in [0.25, 0.3) is 5.91 Å². The maximum atomic E-state index is 11.2. The highest BCUT2D eigenvalue weighted by molar-refractivity contribution is 6.32. The Morgan fingerprint density at radius 2 is 2.13 bits per heavy atom. The topological polar surface area (TPSA) is 83.0 Å². The number of hydrogen-bond donors (Lipinski definition) is 1. The Morgan fingerprint density at radius 1 is 1.35 bits per heavy atom. The van der Waals surface area contributed by atoms with Crippen molar-refractivity contribution in [1.82, 2.24) is 14.8 Å². The Bertz CT molecular complexity index is 695. The van der Waals surface area contributed by atoms with Gasteiger partial charge in [-0.1, -0.05) is 37.3 Å². The molecule has 0 aliphatic heterocycles. The second-order valence-corrected chi connectivity index (χ2v) is 6.12. The summed E-state index contributed by atoms with van der Waals surface area (Å²) < 4.78 is 7.25. The second-order valence-electron chi connectivity index (χ2n) is 5.76. The van der Waals surface area contributed by atoms with Gasteiger partial charge in [-0.25, -0.2) is 9.67 Å². The van der Waals surface area contributed by atoms with E-state index in [0.29, 0.717) is 18.3 Å². The predicted molar refractivity (Wildman–Crippen MR) is 87.0 cm³/mol. The van der Waals surface area contributed by atoms with E-state index >= 15 is 0 Å². The normalized spacial score (nSPS) is 15.0. The maximum Gasteiger partial charge on any atom is 0.251 e.